The van der Waals surface area contributed by atoms with Gasteiger partial charge in [0, 0.05) is 31.8 Å². The van der Waals surface area contributed by atoms with E-state index in [0.29, 0.717) is 24.2 Å². The van der Waals surface area contributed by atoms with Crippen LogP contribution in [0.4, 0.5) is 4.39 Å². The molecule has 0 aromatic heterocycles. The molecule has 1 aliphatic rings. The molecule has 1 aromatic carbocycles. The Labute approximate surface area is 131 Å². The second kappa shape index (κ2) is 7.70. The zero-order valence-corrected chi connectivity index (χ0v) is 13.6. The summed E-state index contributed by atoms with van der Waals surface area (Å²) < 4.78 is 19.4. The number of aryl methyl sites for hydroxylation is 1. The number of likely N-dealkylation sites (N-methyl/N-ethyl adjacent to an activating group) is 1. The molecule has 1 saturated heterocycles. The van der Waals surface area contributed by atoms with E-state index in [4.69, 9.17) is 4.74 Å². The van der Waals surface area contributed by atoms with Gasteiger partial charge >= 0.3 is 0 Å². The Hall–Kier alpha value is -1.46. The second-order valence-corrected chi connectivity index (χ2v) is 6.15. The van der Waals surface area contributed by atoms with Crippen molar-refractivity contribution in [3.8, 4) is 0 Å². The molecule has 1 atom stereocenters. The highest BCUT2D eigenvalue weighted by Crippen LogP contribution is 2.16. The van der Waals surface area contributed by atoms with E-state index in [1.54, 1.807) is 24.0 Å². The number of amides is 1. The molecule has 1 amide bonds. The fourth-order valence-corrected chi connectivity index (χ4v) is 2.54. The molecule has 22 heavy (non-hydrogen) atoms. The van der Waals surface area contributed by atoms with Crippen LogP contribution >= 0.6 is 0 Å². The third-order valence-electron chi connectivity index (χ3n) is 3.97. The fraction of sp³-hybridized carbons (Fsp3) is 0.588. The highest BCUT2D eigenvalue weighted by Gasteiger charge is 2.23. The average molecular weight is 308 g/mol. The predicted octanol–water partition coefficient (Wildman–Crippen LogP) is 2.32. The third-order valence-corrected chi connectivity index (χ3v) is 3.97. The van der Waals surface area contributed by atoms with Crippen LogP contribution in [0.3, 0.4) is 0 Å². The van der Waals surface area contributed by atoms with Crippen LogP contribution in [0.5, 0.6) is 0 Å². The van der Waals surface area contributed by atoms with Crippen LogP contribution in [0.25, 0.3) is 0 Å². The van der Waals surface area contributed by atoms with Crippen molar-refractivity contribution in [1.82, 2.24) is 9.80 Å². The van der Waals surface area contributed by atoms with Gasteiger partial charge in [0.1, 0.15) is 5.82 Å². The van der Waals surface area contributed by atoms with Crippen LogP contribution in [0.1, 0.15) is 28.8 Å². The van der Waals surface area contributed by atoms with E-state index in [2.05, 4.69) is 0 Å². The van der Waals surface area contributed by atoms with Gasteiger partial charge in [0.05, 0.1) is 6.10 Å². The Kier molecular flexibility index (Phi) is 5.91. The van der Waals surface area contributed by atoms with Gasteiger partial charge in [0.25, 0.3) is 5.91 Å². The zero-order valence-electron chi connectivity index (χ0n) is 13.6. The van der Waals surface area contributed by atoms with Gasteiger partial charge in [0.15, 0.2) is 0 Å². The molecule has 0 bridgehead atoms. The highest BCUT2D eigenvalue weighted by atomic mass is 19.1. The van der Waals surface area contributed by atoms with E-state index >= 15 is 0 Å². The number of hydrogen-bond donors (Lipinski definition) is 0. The predicted molar refractivity (Wildman–Crippen MR) is 84.6 cm³/mol. The van der Waals surface area contributed by atoms with Crippen molar-refractivity contribution in [3.05, 3.63) is 35.1 Å². The van der Waals surface area contributed by atoms with Crippen molar-refractivity contribution in [2.24, 2.45) is 0 Å². The fourth-order valence-electron chi connectivity index (χ4n) is 2.54. The number of hydrogen-bond acceptors (Lipinski definition) is 3. The Morgan fingerprint density at radius 3 is 2.73 bits per heavy atom. The first-order valence-corrected chi connectivity index (χ1v) is 7.79. The first-order chi connectivity index (χ1) is 10.5. The summed E-state index contributed by atoms with van der Waals surface area (Å²) in [7, 11) is 3.94. The number of benzene rings is 1. The number of carbonyl (C=O) groups is 1. The molecular weight excluding hydrogens is 283 g/mol. The summed E-state index contributed by atoms with van der Waals surface area (Å²) in [5, 5.41) is 0. The topological polar surface area (TPSA) is 32.8 Å². The maximum absolute atomic E-state index is 13.7. The van der Waals surface area contributed by atoms with Gasteiger partial charge < -0.3 is 14.5 Å². The van der Waals surface area contributed by atoms with Gasteiger partial charge in [-0.2, -0.15) is 0 Å². The summed E-state index contributed by atoms with van der Waals surface area (Å²) in [6.07, 6.45) is 2.12. The molecule has 1 aliphatic heterocycles. The smallest absolute Gasteiger partial charge is 0.254 e. The molecule has 1 fully saturated rings. The number of halogens is 1. The number of rotatable bonds is 6. The van der Waals surface area contributed by atoms with Crippen LogP contribution in [0, 0.1) is 12.7 Å². The highest BCUT2D eigenvalue weighted by molar-refractivity contribution is 5.94. The van der Waals surface area contributed by atoms with Crippen LogP contribution in [0.2, 0.25) is 0 Å². The number of nitrogens with zero attached hydrogens (tertiary/aromatic N) is 2. The van der Waals surface area contributed by atoms with Crippen LogP contribution < -0.4 is 0 Å². The number of ether oxygens (including phenoxy) is 1. The minimum atomic E-state index is -0.337. The Balaban J connectivity index is 2.10. The van der Waals surface area contributed by atoms with Crippen molar-refractivity contribution in [3.63, 3.8) is 0 Å². The van der Waals surface area contributed by atoms with Crippen LogP contribution in [-0.2, 0) is 4.74 Å². The van der Waals surface area contributed by atoms with E-state index in [1.165, 1.54) is 6.07 Å². The quantitative estimate of drug-likeness (QED) is 0.808. The Bertz CT molecular complexity index is 513. The third kappa shape index (κ3) is 4.52. The molecule has 0 aliphatic carbocycles. The van der Waals surface area contributed by atoms with Crippen LogP contribution in [0.15, 0.2) is 18.2 Å². The zero-order chi connectivity index (χ0) is 16.1. The van der Waals surface area contributed by atoms with Crippen LogP contribution in [-0.4, -0.2) is 62.1 Å². The standard InChI is InChI=1S/C17H25FN2O2/c1-13-6-7-14(11-16(13)18)17(21)20(9-8-19(2)3)12-15-5-4-10-22-15/h6-7,11,15H,4-5,8-10,12H2,1-3H3/t15-/m1/s1. The van der Waals surface area contributed by atoms with Crippen molar-refractivity contribution in [2.75, 3.05) is 40.3 Å². The molecule has 1 heterocycles. The van der Waals surface area contributed by atoms with Crippen molar-refractivity contribution >= 4 is 5.91 Å². The lowest BCUT2D eigenvalue weighted by molar-refractivity contribution is 0.0512. The summed E-state index contributed by atoms with van der Waals surface area (Å²) in [4.78, 5) is 16.5. The van der Waals surface area contributed by atoms with E-state index in [-0.39, 0.29) is 17.8 Å². The number of carbonyl (C=O) groups excluding carboxylic acids is 1. The monoisotopic (exact) mass is 308 g/mol. The van der Waals surface area contributed by atoms with Gasteiger partial charge in [-0.05, 0) is 51.6 Å². The summed E-state index contributed by atoms with van der Waals surface area (Å²) in [6, 6.07) is 4.67. The van der Waals surface area contributed by atoms with Gasteiger partial charge in [0.2, 0.25) is 0 Å². The molecule has 0 radical (unpaired) electrons. The summed E-state index contributed by atoms with van der Waals surface area (Å²) in [6.45, 7) is 4.41. The van der Waals surface area contributed by atoms with E-state index in [1.807, 2.05) is 19.0 Å². The molecular formula is C17H25FN2O2. The summed E-state index contributed by atoms with van der Waals surface area (Å²) in [5.41, 5.74) is 0.954. The Morgan fingerprint density at radius 1 is 1.36 bits per heavy atom. The van der Waals surface area contributed by atoms with E-state index < -0.39 is 0 Å². The maximum atomic E-state index is 13.7. The SMILES string of the molecule is Cc1ccc(C(=O)N(CCN(C)C)C[C@H]2CCCO2)cc1F. The molecule has 0 N–H and O–H groups in total. The Morgan fingerprint density at radius 2 is 2.14 bits per heavy atom. The molecule has 1 aromatic rings. The average Bonchev–Trinajstić information content (AvgIpc) is 2.98. The molecule has 0 spiro atoms. The lowest BCUT2D eigenvalue weighted by Gasteiger charge is -2.27. The molecule has 2 rings (SSSR count). The first-order valence-electron chi connectivity index (χ1n) is 7.79. The van der Waals surface area contributed by atoms with Crippen molar-refractivity contribution in [1.29, 1.82) is 0 Å². The van der Waals surface area contributed by atoms with E-state index in [9.17, 15) is 9.18 Å². The molecule has 0 unspecified atom stereocenters. The molecule has 4 nitrogen and oxygen atoms in total. The molecule has 122 valence electrons. The van der Waals surface area contributed by atoms with Gasteiger partial charge in [-0.1, -0.05) is 6.07 Å². The van der Waals surface area contributed by atoms with Crippen molar-refractivity contribution < 1.29 is 13.9 Å². The molecule has 5 heteroatoms. The second-order valence-electron chi connectivity index (χ2n) is 6.15. The van der Waals surface area contributed by atoms with Gasteiger partial charge in [-0.15, -0.1) is 0 Å². The van der Waals surface area contributed by atoms with E-state index in [0.717, 1.165) is 26.0 Å². The first kappa shape index (κ1) is 16.9. The van der Waals surface area contributed by atoms with Gasteiger partial charge in [-0.3, -0.25) is 4.79 Å². The minimum Gasteiger partial charge on any atom is -0.376 e. The maximum Gasteiger partial charge on any atom is 0.254 e. The molecule has 0 saturated carbocycles. The van der Waals surface area contributed by atoms with Gasteiger partial charge in [-0.25, -0.2) is 4.39 Å². The largest absolute Gasteiger partial charge is 0.376 e. The minimum absolute atomic E-state index is 0.0985. The normalized spacial score (nSPS) is 18.0. The lowest BCUT2D eigenvalue weighted by atomic mass is 10.1. The summed E-state index contributed by atoms with van der Waals surface area (Å²) >= 11 is 0. The lowest BCUT2D eigenvalue weighted by Crippen LogP contribution is -2.41. The summed E-state index contributed by atoms with van der Waals surface area (Å²) in [5.74, 6) is -0.466. The van der Waals surface area contributed by atoms with Crippen molar-refractivity contribution in [2.45, 2.75) is 25.9 Å².